The molecular formula is C7H13NO2. The summed E-state index contributed by atoms with van der Waals surface area (Å²) in [5.74, 6) is 0. The molecule has 10 heavy (non-hydrogen) atoms. The van der Waals surface area contributed by atoms with E-state index in [2.05, 4.69) is 6.58 Å². The van der Waals surface area contributed by atoms with Crippen LogP contribution in [0.3, 0.4) is 0 Å². The predicted octanol–water partition coefficient (Wildman–Crippen LogP) is -0.175. The number of aliphatic hydroxyl groups is 1. The molecule has 0 aromatic rings. The van der Waals surface area contributed by atoms with Crippen molar-refractivity contribution in [2.24, 2.45) is 0 Å². The van der Waals surface area contributed by atoms with Crippen LogP contribution in [0.5, 0.6) is 0 Å². The van der Waals surface area contributed by atoms with Gasteiger partial charge in [0, 0.05) is 18.8 Å². The number of hydrogen-bond acceptors (Lipinski definition) is 3. The summed E-state index contributed by atoms with van der Waals surface area (Å²) in [5.41, 5.74) is 0.973. The largest absolute Gasteiger partial charge is 0.395 e. The molecule has 1 heterocycles. The molecule has 1 N–H and O–H groups in total. The van der Waals surface area contributed by atoms with Gasteiger partial charge in [-0.15, -0.1) is 0 Å². The molecular weight excluding hydrogens is 130 g/mol. The number of nitrogens with zero attached hydrogens (tertiary/aromatic N) is 1. The molecule has 58 valence electrons. The van der Waals surface area contributed by atoms with E-state index in [1.165, 1.54) is 0 Å². The molecule has 0 radical (unpaired) electrons. The molecule has 0 aromatic heterocycles. The van der Waals surface area contributed by atoms with Crippen LogP contribution >= 0.6 is 0 Å². The maximum Gasteiger partial charge on any atom is 0.0859 e. The third kappa shape index (κ3) is 1.72. The Morgan fingerprint density at radius 3 is 3.10 bits per heavy atom. The smallest absolute Gasteiger partial charge is 0.0859 e. The fourth-order valence-corrected chi connectivity index (χ4v) is 1.00. The van der Waals surface area contributed by atoms with E-state index in [0.717, 1.165) is 18.8 Å². The topological polar surface area (TPSA) is 32.7 Å². The summed E-state index contributed by atoms with van der Waals surface area (Å²) >= 11 is 0. The van der Waals surface area contributed by atoms with Crippen molar-refractivity contribution >= 4 is 0 Å². The van der Waals surface area contributed by atoms with Gasteiger partial charge in [0.25, 0.3) is 0 Å². The van der Waals surface area contributed by atoms with E-state index < -0.39 is 0 Å². The molecule has 3 nitrogen and oxygen atoms in total. The van der Waals surface area contributed by atoms with Gasteiger partial charge in [0.1, 0.15) is 0 Å². The average Bonchev–Trinajstić information content (AvgIpc) is 1.94. The zero-order valence-corrected chi connectivity index (χ0v) is 6.05. The summed E-state index contributed by atoms with van der Waals surface area (Å²) in [4.78, 5) is 2.05. The van der Waals surface area contributed by atoms with Crippen molar-refractivity contribution in [1.29, 1.82) is 0 Å². The molecule has 0 amide bonds. The summed E-state index contributed by atoms with van der Waals surface area (Å²) in [6, 6.07) is 0. The van der Waals surface area contributed by atoms with Crippen molar-refractivity contribution in [2.45, 2.75) is 0 Å². The van der Waals surface area contributed by atoms with E-state index in [-0.39, 0.29) is 6.61 Å². The molecule has 0 saturated carbocycles. The van der Waals surface area contributed by atoms with Crippen molar-refractivity contribution in [1.82, 2.24) is 4.90 Å². The number of morpholine rings is 1. The van der Waals surface area contributed by atoms with Gasteiger partial charge in [0.2, 0.25) is 0 Å². The van der Waals surface area contributed by atoms with Crippen LogP contribution in [0.2, 0.25) is 0 Å². The fraction of sp³-hybridized carbons (Fsp3) is 0.714. The monoisotopic (exact) mass is 143 g/mol. The van der Waals surface area contributed by atoms with Crippen LogP contribution < -0.4 is 0 Å². The van der Waals surface area contributed by atoms with Crippen LogP contribution in [0.4, 0.5) is 0 Å². The second-order valence-corrected chi connectivity index (χ2v) is 2.33. The molecule has 3 heteroatoms. The number of ether oxygens (including phenoxy) is 1. The van der Waals surface area contributed by atoms with E-state index in [0.29, 0.717) is 13.2 Å². The summed E-state index contributed by atoms with van der Waals surface area (Å²) in [7, 11) is 0. The predicted molar refractivity (Wildman–Crippen MR) is 38.6 cm³/mol. The molecule has 0 bridgehead atoms. The van der Waals surface area contributed by atoms with Gasteiger partial charge in [-0.1, -0.05) is 6.58 Å². The molecule has 0 unspecified atom stereocenters. The summed E-state index contributed by atoms with van der Waals surface area (Å²) in [6.45, 7) is 6.90. The molecule has 1 aliphatic rings. The zero-order chi connectivity index (χ0) is 7.40. The summed E-state index contributed by atoms with van der Waals surface area (Å²) < 4.78 is 5.14. The SMILES string of the molecule is C=C1COCCN1CCO. The van der Waals surface area contributed by atoms with Crippen molar-refractivity contribution in [3.63, 3.8) is 0 Å². The van der Waals surface area contributed by atoms with Crippen molar-refractivity contribution in [2.75, 3.05) is 32.9 Å². The first-order valence-electron chi connectivity index (χ1n) is 3.46. The minimum absolute atomic E-state index is 0.193. The molecule has 1 aliphatic heterocycles. The van der Waals surface area contributed by atoms with Crippen LogP contribution in [0.25, 0.3) is 0 Å². The molecule has 0 spiro atoms. The zero-order valence-electron chi connectivity index (χ0n) is 6.05. The van der Waals surface area contributed by atoms with Gasteiger partial charge in [-0.2, -0.15) is 0 Å². The normalized spacial score (nSPS) is 19.7. The van der Waals surface area contributed by atoms with E-state index in [4.69, 9.17) is 9.84 Å². The van der Waals surface area contributed by atoms with Crippen molar-refractivity contribution < 1.29 is 9.84 Å². The lowest BCUT2D eigenvalue weighted by Gasteiger charge is -2.29. The van der Waals surface area contributed by atoms with E-state index in [9.17, 15) is 0 Å². The number of aliphatic hydroxyl groups excluding tert-OH is 1. The Kier molecular flexibility index (Phi) is 2.71. The van der Waals surface area contributed by atoms with Gasteiger partial charge >= 0.3 is 0 Å². The highest BCUT2D eigenvalue weighted by atomic mass is 16.5. The summed E-state index contributed by atoms with van der Waals surface area (Å²) in [6.07, 6.45) is 0. The highest BCUT2D eigenvalue weighted by Gasteiger charge is 2.11. The highest BCUT2D eigenvalue weighted by molar-refractivity contribution is 4.96. The van der Waals surface area contributed by atoms with Gasteiger partial charge in [-0.25, -0.2) is 0 Å². The molecule has 1 fully saturated rings. The first-order valence-corrected chi connectivity index (χ1v) is 3.46. The van der Waals surface area contributed by atoms with Crippen LogP contribution in [0, 0.1) is 0 Å². The lowest BCUT2D eigenvalue weighted by Crippen LogP contribution is -2.35. The van der Waals surface area contributed by atoms with Crippen LogP contribution in [-0.4, -0.2) is 42.9 Å². The summed E-state index contributed by atoms with van der Waals surface area (Å²) in [5, 5.41) is 8.61. The molecule has 1 rings (SSSR count). The van der Waals surface area contributed by atoms with E-state index in [1.807, 2.05) is 4.90 Å². The number of hydrogen-bond donors (Lipinski definition) is 1. The Labute approximate surface area is 60.9 Å². The average molecular weight is 143 g/mol. The Hall–Kier alpha value is -0.540. The maximum atomic E-state index is 8.61. The second kappa shape index (κ2) is 3.58. The fourth-order valence-electron chi connectivity index (χ4n) is 1.00. The quantitative estimate of drug-likeness (QED) is 0.582. The van der Waals surface area contributed by atoms with Gasteiger partial charge in [0.15, 0.2) is 0 Å². The Morgan fingerprint density at radius 1 is 1.70 bits per heavy atom. The van der Waals surface area contributed by atoms with Crippen LogP contribution in [0.15, 0.2) is 12.3 Å². The first-order chi connectivity index (χ1) is 4.84. The third-order valence-corrected chi connectivity index (χ3v) is 1.59. The van der Waals surface area contributed by atoms with Gasteiger partial charge in [-0.05, 0) is 0 Å². The minimum Gasteiger partial charge on any atom is -0.395 e. The molecule has 0 aliphatic carbocycles. The minimum atomic E-state index is 0.193. The molecule has 0 atom stereocenters. The highest BCUT2D eigenvalue weighted by Crippen LogP contribution is 2.06. The standard InChI is InChI=1S/C7H13NO2/c1-7-6-10-5-3-8(7)2-4-9/h9H,1-6H2. The van der Waals surface area contributed by atoms with E-state index in [1.54, 1.807) is 0 Å². The van der Waals surface area contributed by atoms with Crippen molar-refractivity contribution in [3.05, 3.63) is 12.3 Å². The van der Waals surface area contributed by atoms with Crippen LogP contribution in [-0.2, 0) is 4.74 Å². The van der Waals surface area contributed by atoms with Gasteiger partial charge in [-0.3, -0.25) is 0 Å². The third-order valence-electron chi connectivity index (χ3n) is 1.59. The molecule has 1 saturated heterocycles. The number of β-amino-alcohol motifs (C(OH)–C–C–N with tert-alkyl or cyclic N) is 1. The first kappa shape index (κ1) is 7.57. The Morgan fingerprint density at radius 2 is 2.50 bits per heavy atom. The lowest BCUT2D eigenvalue weighted by atomic mass is 10.3. The molecule has 0 aromatic carbocycles. The maximum absolute atomic E-state index is 8.61. The Balaban J connectivity index is 2.32. The van der Waals surface area contributed by atoms with E-state index >= 15 is 0 Å². The lowest BCUT2D eigenvalue weighted by molar-refractivity contribution is 0.0660. The number of rotatable bonds is 2. The Bertz CT molecular complexity index is 123. The van der Waals surface area contributed by atoms with Gasteiger partial charge in [0.05, 0.1) is 19.8 Å². The second-order valence-electron chi connectivity index (χ2n) is 2.33. The van der Waals surface area contributed by atoms with Crippen LogP contribution in [0.1, 0.15) is 0 Å². The van der Waals surface area contributed by atoms with Gasteiger partial charge < -0.3 is 14.7 Å². The van der Waals surface area contributed by atoms with Crippen molar-refractivity contribution in [3.8, 4) is 0 Å².